The van der Waals surface area contributed by atoms with Gasteiger partial charge in [-0.15, -0.1) is 0 Å². The predicted octanol–water partition coefficient (Wildman–Crippen LogP) is 2.41. The van der Waals surface area contributed by atoms with Crippen molar-refractivity contribution >= 4 is 21.8 Å². The topological polar surface area (TPSA) is 102 Å². The molecule has 0 radical (unpaired) electrons. The average molecular weight is 480 g/mol. The van der Waals surface area contributed by atoms with Crippen molar-refractivity contribution in [2.24, 2.45) is 0 Å². The molecule has 1 aromatic carbocycles. The summed E-state index contributed by atoms with van der Waals surface area (Å²) in [5.41, 5.74) is 0. The van der Waals surface area contributed by atoms with E-state index in [9.17, 15) is 12.8 Å². The van der Waals surface area contributed by atoms with Gasteiger partial charge in [0.05, 0.1) is 10.8 Å². The van der Waals surface area contributed by atoms with Crippen LogP contribution in [0, 0.1) is 5.82 Å². The molecule has 12 heteroatoms. The van der Waals surface area contributed by atoms with E-state index in [-0.39, 0.29) is 17.3 Å². The molecule has 0 aliphatic carbocycles. The highest BCUT2D eigenvalue weighted by Crippen LogP contribution is 2.23. The summed E-state index contributed by atoms with van der Waals surface area (Å²) in [6.45, 7) is 2.46. The fraction of sp³-hybridized carbons (Fsp3) is 0.350. The molecule has 1 saturated heterocycles. The first-order valence-corrected chi connectivity index (χ1v) is 12.3. The number of hydrogen-bond donors (Lipinski definition) is 0. The van der Waals surface area contributed by atoms with Gasteiger partial charge in [-0.05, 0) is 43.4 Å². The van der Waals surface area contributed by atoms with Gasteiger partial charge in [-0.25, -0.2) is 17.8 Å². The lowest BCUT2D eigenvalue weighted by Crippen LogP contribution is -2.47. The Morgan fingerprint density at radius 1 is 1.12 bits per heavy atom. The van der Waals surface area contributed by atoms with Crippen molar-refractivity contribution in [3.63, 3.8) is 0 Å². The summed E-state index contributed by atoms with van der Waals surface area (Å²) < 4.78 is 50.6. The lowest BCUT2D eigenvalue weighted by Gasteiger charge is -2.31. The zero-order valence-corrected chi connectivity index (χ0v) is 19.0. The molecule has 0 amide bonds. The standard InChI is InChI=1S/C20H22FN5O4S2/c1-25-8-10-26(11-9-25)32(27,28)17-6-7-20(22-12-17)31-14-19-23-18(24-30-19)13-29-16-4-2-15(21)3-5-16/h2-7,12H,8-11,13-14H2,1H3. The summed E-state index contributed by atoms with van der Waals surface area (Å²) in [5.74, 6) is 1.30. The van der Waals surface area contributed by atoms with Crippen LogP contribution in [0.4, 0.5) is 4.39 Å². The van der Waals surface area contributed by atoms with Crippen LogP contribution in [-0.2, 0) is 22.4 Å². The predicted molar refractivity (Wildman–Crippen MR) is 115 cm³/mol. The average Bonchev–Trinajstić information content (AvgIpc) is 3.26. The number of thioether (sulfide) groups is 1. The monoisotopic (exact) mass is 479 g/mol. The number of hydrogen-bond acceptors (Lipinski definition) is 9. The summed E-state index contributed by atoms with van der Waals surface area (Å²) in [5, 5.41) is 4.50. The number of halogens is 1. The van der Waals surface area contributed by atoms with Gasteiger partial charge >= 0.3 is 0 Å². The lowest BCUT2D eigenvalue weighted by molar-refractivity contribution is 0.222. The first-order chi connectivity index (χ1) is 15.4. The maximum atomic E-state index is 12.9. The fourth-order valence-corrected chi connectivity index (χ4v) is 5.05. The molecule has 4 rings (SSSR count). The van der Waals surface area contributed by atoms with Gasteiger partial charge in [0.2, 0.25) is 21.7 Å². The Balaban J connectivity index is 1.29. The maximum Gasteiger partial charge on any atom is 0.244 e. The van der Waals surface area contributed by atoms with Gasteiger partial charge in [0.1, 0.15) is 16.5 Å². The number of pyridine rings is 1. The molecule has 3 heterocycles. The van der Waals surface area contributed by atoms with Gasteiger partial charge in [0.25, 0.3) is 0 Å². The highest BCUT2D eigenvalue weighted by molar-refractivity contribution is 7.98. The van der Waals surface area contributed by atoms with Crippen LogP contribution < -0.4 is 4.74 Å². The van der Waals surface area contributed by atoms with Crippen molar-refractivity contribution in [3.05, 3.63) is 60.1 Å². The van der Waals surface area contributed by atoms with Crippen molar-refractivity contribution in [2.75, 3.05) is 33.2 Å². The number of sulfonamides is 1. The van der Waals surface area contributed by atoms with Gasteiger partial charge in [-0.1, -0.05) is 16.9 Å². The van der Waals surface area contributed by atoms with Gasteiger partial charge in [0.15, 0.2) is 6.61 Å². The van der Waals surface area contributed by atoms with Crippen molar-refractivity contribution in [2.45, 2.75) is 22.3 Å². The number of nitrogens with zero attached hydrogens (tertiary/aromatic N) is 5. The number of likely N-dealkylation sites (N-methyl/N-ethyl adjacent to an activating group) is 1. The molecular weight excluding hydrogens is 457 g/mol. The van der Waals surface area contributed by atoms with Gasteiger partial charge in [0, 0.05) is 32.4 Å². The van der Waals surface area contributed by atoms with E-state index in [2.05, 4.69) is 20.0 Å². The van der Waals surface area contributed by atoms with Crippen molar-refractivity contribution in [3.8, 4) is 5.75 Å². The van der Waals surface area contributed by atoms with Gasteiger partial charge in [-0.3, -0.25) is 0 Å². The number of piperazine rings is 1. The Hall–Kier alpha value is -2.54. The molecule has 0 bridgehead atoms. The third-order valence-corrected chi connectivity index (χ3v) is 7.66. The van der Waals surface area contributed by atoms with Crippen molar-refractivity contribution < 1.29 is 22.1 Å². The quantitative estimate of drug-likeness (QED) is 0.451. The smallest absolute Gasteiger partial charge is 0.244 e. The van der Waals surface area contributed by atoms with Crippen molar-refractivity contribution in [1.29, 1.82) is 0 Å². The summed E-state index contributed by atoms with van der Waals surface area (Å²) in [4.78, 5) is 10.8. The lowest BCUT2D eigenvalue weighted by atomic mass is 10.3. The second kappa shape index (κ2) is 9.94. The van der Waals surface area contributed by atoms with E-state index >= 15 is 0 Å². The van der Waals surface area contributed by atoms with E-state index < -0.39 is 10.0 Å². The Morgan fingerprint density at radius 3 is 2.56 bits per heavy atom. The van der Waals surface area contributed by atoms with E-state index in [1.807, 2.05) is 7.05 Å². The molecule has 9 nitrogen and oxygen atoms in total. The molecule has 0 unspecified atom stereocenters. The zero-order valence-electron chi connectivity index (χ0n) is 17.3. The third kappa shape index (κ3) is 5.63. The van der Waals surface area contributed by atoms with Crippen LogP contribution >= 0.6 is 11.8 Å². The molecule has 32 heavy (non-hydrogen) atoms. The van der Waals surface area contributed by atoms with Crippen molar-refractivity contribution in [1.82, 2.24) is 24.3 Å². The Kier molecular flexibility index (Phi) is 7.04. The molecule has 2 aromatic heterocycles. The molecule has 1 fully saturated rings. The summed E-state index contributed by atoms with van der Waals surface area (Å²) in [6, 6.07) is 8.89. The highest BCUT2D eigenvalue weighted by atomic mass is 32.2. The summed E-state index contributed by atoms with van der Waals surface area (Å²) in [7, 11) is -1.56. The Labute approximate surface area is 189 Å². The summed E-state index contributed by atoms with van der Waals surface area (Å²) in [6.07, 6.45) is 1.38. The maximum absolute atomic E-state index is 12.9. The SMILES string of the molecule is CN1CCN(S(=O)(=O)c2ccc(SCc3nc(COc4ccc(F)cc4)no3)nc2)CC1. The van der Waals surface area contributed by atoms with Crippen LogP contribution in [0.5, 0.6) is 5.75 Å². The van der Waals surface area contributed by atoms with Gasteiger partial charge < -0.3 is 14.2 Å². The molecule has 0 spiro atoms. The number of benzene rings is 1. The van der Waals surface area contributed by atoms with Crippen LogP contribution in [0.3, 0.4) is 0 Å². The minimum absolute atomic E-state index is 0.0941. The zero-order chi connectivity index (χ0) is 22.6. The Bertz CT molecular complexity index is 1130. The normalized spacial score (nSPS) is 15.7. The fourth-order valence-electron chi connectivity index (χ4n) is 3.00. The highest BCUT2D eigenvalue weighted by Gasteiger charge is 2.27. The van der Waals surface area contributed by atoms with E-state index in [0.29, 0.717) is 54.4 Å². The molecule has 170 valence electrons. The molecule has 0 N–H and O–H groups in total. The number of aromatic nitrogens is 3. The largest absolute Gasteiger partial charge is 0.485 e. The first-order valence-electron chi connectivity index (χ1n) is 9.87. The number of ether oxygens (including phenoxy) is 1. The van der Waals surface area contributed by atoms with Crippen LogP contribution in [0.1, 0.15) is 11.7 Å². The van der Waals surface area contributed by atoms with E-state index in [4.69, 9.17) is 9.26 Å². The molecule has 0 atom stereocenters. The molecule has 0 saturated carbocycles. The van der Waals surface area contributed by atoms with Crippen LogP contribution in [0.2, 0.25) is 0 Å². The van der Waals surface area contributed by atoms with E-state index in [0.717, 1.165) is 0 Å². The van der Waals surface area contributed by atoms with Gasteiger partial charge in [-0.2, -0.15) is 9.29 Å². The molecular formula is C20H22FN5O4S2. The minimum atomic E-state index is -3.54. The number of rotatable bonds is 8. The molecule has 1 aliphatic rings. The molecule has 1 aliphatic heterocycles. The Morgan fingerprint density at radius 2 is 1.88 bits per heavy atom. The minimum Gasteiger partial charge on any atom is -0.485 e. The van der Waals surface area contributed by atoms with E-state index in [1.54, 1.807) is 12.1 Å². The van der Waals surface area contributed by atoms with Crippen LogP contribution in [0.25, 0.3) is 0 Å². The second-order valence-corrected chi connectivity index (χ2v) is 10.1. The summed E-state index contributed by atoms with van der Waals surface area (Å²) >= 11 is 1.35. The second-order valence-electron chi connectivity index (χ2n) is 7.18. The first kappa shape index (κ1) is 22.6. The third-order valence-electron chi connectivity index (χ3n) is 4.84. The van der Waals surface area contributed by atoms with Crippen LogP contribution in [-0.4, -0.2) is 66.0 Å². The van der Waals surface area contributed by atoms with Crippen LogP contribution in [0.15, 0.2) is 57.0 Å². The molecule has 3 aromatic rings. The van der Waals surface area contributed by atoms with E-state index in [1.165, 1.54) is 46.5 Å².